The fourth-order valence-corrected chi connectivity index (χ4v) is 6.22. The van der Waals surface area contributed by atoms with E-state index in [-0.39, 0.29) is 49.2 Å². The summed E-state index contributed by atoms with van der Waals surface area (Å²) in [4.78, 5) is 39.1. The van der Waals surface area contributed by atoms with Crippen LogP contribution in [0.2, 0.25) is 0 Å². The van der Waals surface area contributed by atoms with Crippen LogP contribution in [0, 0.1) is 23.4 Å². The van der Waals surface area contributed by atoms with E-state index in [1.54, 1.807) is 6.92 Å². The average molecular weight is 572 g/mol. The highest BCUT2D eigenvalue weighted by atomic mass is 32.2. The maximum atomic E-state index is 13.6. The van der Waals surface area contributed by atoms with Crippen LogP contribution in [0.5, 0.6) is 5.75 Å². The Morgan fingerprint density at radius 1 is 1.13 bits per heavy atom. The number of anilines is 1. The molecule has 1 aromatic heterocycles. The summed E-state index contributed by atoms with van der Waals surface area (Å²) in [6.07, 6.45) is 1.13. The number of ether oxygens (including phenoxy) is 2. The SMILES string of the molecule is Cn1cc2c(c1C(=O)Nc1cc(F)c(F)c(F)c1)OC[C@@H]1CN(C(=O)C(=O)NC3(C)COC3)C[C@@H]1NS2(=O)=O. The molecule has 0 spiro atoms. The molecule has 3 N–H and O–H groups in total. The maximum absolute atomic E-state index is 13.6. The van der Waals surface area contributed by atoms with Crippen molar-refractivity contribution in [1.82, 2.24) is 19.5 Å². The number of carbonyl (C=O) groups is 3. The Labute approximate surface area is 220 Å². The van der Waals surface area contributed by atoms with E-state index in [4.69, 9.17) is 9.47 Å². The fourth-order valence-electron chi connectivity index (χ4n) is 4.73. The molecular weight excluding hydrogens is 547 g/mol. The highest BCUT2D eigenvalue weighted by Crippen LogP contribution is 2.35. The number of aromatic nitrogens is 1. The Balaban J connectivity index is 1.36. The second-order valence-electron chi connectivity index (χ2n) is 10.0. The topological polar surface area (TPSA) is 148 Å². The summed E-state index contributed by atoms with van der Waals surface area (Å²) in [7, 11) is -2.90. The van der Waals surface area contributed by atoms with Crippen LogP contribution >= 0.6 is 0 Å². The van der Waals surface area contributed by atoms with Gasteiger partial charge in [-0.25, -0.2) is 26.3 Å². The lowest BCUT2D eigenvalue weighted by atomic mass is 10.0. The van der Waals surface area contributed by atoms with Crippen molar-refractivity contribution in [2.45, 2.75) is 23.4 Å². The zero-order chi connectivity index (χ0) is 28.3. The molecule has 2 aromatic rings. The molecule has 0 radical (unpaired) electrons. The van der Waals surface area contributed by atoms with Crippen LogP contribution in [0.15, 0.2) is 23.2 Å². The van der Waals surface area contributed by atoms with Gasteiger partial charge in [0.15, 0.2) is 28.9 Å². The van der Waals surface area contributed by atoms with Crippen molar-refractivity contribution in [1.29, 1.82) is 0 Å². The Morgan fingerprint density at radius 2 is 1.79 bits per heavy atom. The van der Waals surface area contributed by atoms with Gasteiger partial charge in [0.2, 0.25) is 10.0 Å². The van der Waals surface area contributed by atoms with E-state index in [0.717, 1.165) is 6.20 Å². The summed E-state index contributed by atoms with van der Waals surface area (Å²) >= 11 is 0. The van der Waals surface area contributed by atoms with E-state index >= 15 is 0 Å². The molecule has 39 heavy (non-hydrogen) atoms. The lowest BCUT2D eigenvalue weighted by Gasteiger charge is -2.38. The lowest BCUT2D eigenvalue weighted by Crippen LogP contribution is -2.62. The van der Waals surface area contributed by atoms with Gasteiger partial charge in [0, 0.05) is 56.1 Å². The largest absolute Gasteiger partial charge is 0.489 e. The molecule has 2 fully saturated rings. The molecule has 0 aliphatic carbocycles. The standard InChI is InChI=1S/C23H24F3N5O7S/c1-23(9-37-10-23)28-21(33)22(34)31-5-11-8-38-19-16(39(35,36)29-15(11)6-31)7-30(2)18(19)20(32)27-12-3-13(24)17(26)14(25)4-12/h3-4,7,11,15,29H,5-6,8-10H2,1-2H3,(H,27,32)(H,28,33)/t11-,15-/m0/s1. The minimum atomic E-state index is -4.28. The molecule has 210 valence electrons. The maximum Gasteiger partial charge on any atom is 0.311 e. The van der Waals surface area contributed by atoms with Gasteiger partial charge in [-0.3, -0.25) is 14.4 Å². The van der Waals surface area contributed by atoms with Crippen LogP contribution in [0.4, 0.5) is 18.9 Å². The third-order valence-electron chi connectivity index (χ3n) is 6.78. The summed E-state index contributed by atoms with van der Waals surface area (Å²) in [6.45, 7) is 2.07. The normalized spacial score (nSPS) is 22.8. The molecule has 2 atom stereocenters. The number of nitrogens with one attached hydrogen (secondary N) is 3. The van der Waals surface area contributed by atoms with Gasteiger partial charge in [-0.15, -0.1) is 0 Å². The summed E-state index contributed by atoms with van der Waals surface area (Å²) in [5, 5.41) is 4.83. The molecule has 16 heteroatoms. The zero-order valence-electron chi connectivity index (χ0n) is 20.7. The zero-order valence-corrected chi connectivity index (χ0v) is 21.5. The lowest BCUT2D eigenvalue weighted by molar-refractivity contribution is -0.150. The molecule has 1 aromatic carbocycles. The Morgan fingerprint density at radius 3 is 2.41 bits per heavy atom. The number of carbonyl (C=O) groups excluding carboxylic acids is 3. The number of likely N-dealkylation sites (tertiary alicyclic amines) is 1. The number of amides is 3. The highest BCUT2D eigenvalue weighted by Gasteiger charge is 2.44. The van der Waals surface area contributed by atoms with Gasteiger partial charge in [0.1, 0.15) is 4.90 Å². The number of hydrogen-bond donors (Lipinski definition) is 3. The van der Waals surface area contributed by atoms with Crippen molar-refractivity contribution in [3.05, 3.63) is 41.5 Å². The summed E-state index contributed by atoms with van der Waals surface area (Å²) < 4.78 is 81.5. The molecule has 3 aliphatic heterocycles. The van der Waals surface area contributed by atoms with Gasteiger partial charge in [-0.1, -0.05) is 0 Å². The van der Waals surface area contributed by atoms with Crippen LogP contribution in [-0.4, -0.2) is 80.1 Å². The van der Waals surface area contributed by atoms with Crippen molar-refractivity contribution in [3.63, 3.8) is 0 Å². The van der Waals surface area contributed by atoms with Gasteiger partial charge in [-0.05, 0) is 6.92 Å². The van der Waals surface area contributed by atoms with E-state index in [0.29, 0.717) is 12.1 Å². The van der Waals surface area contributed by atoms with Crippen LogP contribution < -0.4 is 20.1 Å². The third-order valence-corrected chi connectivity index (χ3v) is 8.26. The van der Waals surface area contributed by atoms with Gasteiger partial charge in [0.05, 0.1) is 25.4 Å². The minimum Gasteiger partial charge on any atom is -0.489 e. The number of nitrogens with zero attached hydrogens (tertiary/aromatic N) is 2. The minimum absolute atomic E-state index is 0.00445. The first-order chi connectivity index (χ1) is 18.3. The second kappa shape index (κ2) is 9.53. The van der Waals surface area contributed by atoms with Crippen molar-refractivity contribution < 1.29 is 45.4 Å². The highest BCUT2D eigenvalue weighted by molar-refractivity contribution is 7.89. The summed E-state index contributed by atoms with van der Waals surface area (Å²) in [5.74, 6) is -8.27. The second-order valence-corrected chi connectivity index (χ2v) is 11.7. The van der Waals surface area contributed by atoms with Crippen LogP contribution in [-0.2, 0) is 31.4 Å². The quantitative estimate of drug-likeness (QED) is 0.350. The smallest absolute Gasteiger partial charge is 0.311 e. The third kappa shape index (κ3) is 4.94. The average Bonchev–Trinajstić information content (AvgIpc) is 3.38. The number of fused-ring (bicyclic) bond motifs is 2. The Hall–Kier alpha value is -3.63. The van der Waals surface area contributed by atoms with Gasteiger partial charge in [-0.2, -0.15) is 0 Å². The monoisotopic (exact) mass is 571 g/mol. The molecule has 0 bridgehead atoms. The molecule has 2 saturated heterocycles. The summed E-state index contributed by atoms with van der Waals surface area (Å²) in [5.41, 5.74) is -1.33. The van der Waals surface area contributed by atoms with Crippen LogP contribution in [0.25, 0.3) is 0 Å². The van der Waals surface area contributed by atoms with Crippen molar-refractivity contribution in [2.75, 3.05) is 38.2 Å². The van der Waals surface area contributed by atoms with Crippen molar-refractivity contribution in [2.24, 2.45) is 13.0 Å². The van der Waals surface area contributed by atoms with Crippen LogP contribution in [0.3, 0.4) is 0 Å². The molecular formula is C23H24F3N5O7S. The first kappa shape index (κ1) is 27.0. The van der Waals surface area contributed by atoms with E-state index in [9.17, 15) is 36.0 Å². The molecule has 4 heterocycles. The number of hydrogen-bond acceptors (Lipinski definition) is 7. The molecule has 12 nitrogen and oxygen atoms in total. The van der Waals surface area contributed by atoms with Gasteiger partial charge in [0.25, 0.3) is 5.91 Å². The number of sulfonamides is 1. The van der Waals surface area contributed by atoms with Gasteiger partial charge >= 0.3 is 11.8 Å². The van der Waals surface area contributed by atoms with Crippen molar-refractivity contribution in [3.8, 4) is 5.75 Å². The first-order valence-corrected chi connectivity index (χ1v) is 13.3. The van der Waals surface area contributed by atoms with E-state index in [1.807, 2.05) is 0 Å². The molecule has 3 amide bonds. The number of aryl methyl sites for hydroxylation is 1. The number of benzene rings is 1. The Kier molecular flexibility index (Phi) is 6.59. The number of rotatable bonds is 3. The van der Waals surface area contributed by atoms with Crippen molar-refractivity contribution >= 4 is 33.4 Å². The Bertz CT molecular complexity index is 1470. The summed E-state index contributed by atoms with van der Waals surface area (Å²) in [6, 6.07) is 0.377. The van der Waals surface area contributed by atoms with E-state index in [1.165, 1.54) is 16.5 Å². The fraction of sp³-hybridized carbons (Fsp3) is 0.435. The molecule has 0 saturated carbocycles. The van der Waals surface area contributed by atoms with E-state index in [2.05, 4.69) is 15.4 Å². The van der Waals surface area contributed by atoms with E-state index < -0.39 is 68.4 Å². The van der Waals surface area contributed by atoms with Gasteiger partial charge < -0.3 is 29.6 Å². The predicted octanol–water partition coefficient (Wildman–Crippen LogP) is 0.0975. The van der Waals surface area contributed by atoms with Crippen LogP contribution in [0.1, 0.15) is 17.4 Å². The predicted molar refractivity (Wildman–Crippen MR) is 127 cm³/mol. The number of halogens is 3. The molecule has 0 unspecified atom stereocenters. The first-order valence-electron chi connectivity index (χ1n) is 11.8. The molecule has 3 aliphatic rings. The molecule has 5 rings (SSSR count).